The van der Waals surface area contributed by atoms with Crippen LogP contribution in [0.15, 0.2) is 24.3 Å². The highest BCUT2D eigenvalue weighted by Gasteiger charge is 2.37. The average molecular weight is 344 g/mol. The van der Waals surface area contributed by atoms with Crippen LogP contribution in [0.5, 0.6) is 5.75 Å². The Bertz CT molecular complexity index is 583. The summed E-state index contributed by atoms with van der Waals surface area (Å²) in [5.74, 6) is 2.06. The first kappa shape index (κ1) is 16.7. The topological polar surface area (TPSA) is 50.8 Å². The number of ether oxygens (including phenoxy) is 2. The Morgan fingerprint density at radius 1 is 1.16 bits per heavy atom. The highest BCUT2D eigenvalue weighted by molar-refractivity contribution is 5.89. The fraction of sp³-hybridized carbons (Fsp3) is 0.650. The van der Waals surface area contributed by atoms with Crippen LogP contribution in [0, 0.1) is 11.8 Å². The van der Waals surface area contributed by atoms with Crippen molar-refractivity contribution in [2.45, 2.75) is 44.6 Å². The molecule has 1 aromatic rings. The summed E-state index contributed by atoms with van der Waals surface area (Å²) in [6.45, 7) is 3.23. The van der Waals surface area contributed by atoms with Crippen molar-refractivity contribution in [3.8, 4) is 5.75 Å². The minimum Gasteiger partial charge on any atom is -0.493 e. The van der Waals surface area contributed by atoms with Crippen molar-refractivity contribution in [1.29, 1.82) is 0 Å². The highest BCUT2D eigenvalue weighted by Crippen LogP contribution is 2.37. The molecule has 0 bridgehead atoms. The molecule has 0 aromatic heterocycles. The van der Waals surface area contributed by atoms with Crippen molar-refractivity contribution in [2.75, 3.05) is 31.7 Å². The van der Waals surface area contributed by atoms with Gasteiger partial charge in [0, 0.05) is 30.8 Å². The van der Waals surface area contributed by atoms with E-state index < -0.39 is 0 Å². The summed E-state index contributed by atoms with van der Waals surface area (Å²) in [6.07, 6.45) is 7.20. The van der Waals surface area contributed by atoms with Crippen molar-refractivity contribution in [2.24, 2.45) is 11.8 Å². The van der Waals surface area contributed by atoms with Crippen LogP contribution >= 0.6 is 0 Å². The number of amides is 2. The zero-order chi connectivity index (χ0) is 17.1. The monoisotopic (exact) mass is 344 g/mol. The Labute approximate surface area is 149 Å². The predicted molar refractivity (Wildman–Crippen MR) is 97.0 cm³/mol. The van der Waals surface area contributed by atoms with E-state index in [2.05, 4.69) is 10.2 Å². The van der Waals surface area contributed by atoms with Gasteiger partial charge in [0.2, 0.25) is 0 Å². The number of carbonyl (C=O) groups is 1. The van der Waals surface area contributed by atoms with Gasteiger partial charge in [-0.05, 0) is 62.3 Å². The van der Waals surface area contributed by atoms with Crippen LogP contribution in [0.1, 0.15) is 38.5 Å². The Morgan fingerprint density at radius 3 is 2.80 bits per heavy atom. The largest absolute Gasteiger partial charge is 0.493 e. The molecule has 0 radical (unpaired) electrons. The zero-order valence-corrected chi connectivity index (χ0v) is 14.8. The van der Waals surface area contributed by atoms with Gasteiger partial charge in [0.25, 0.3) is 0 Å². The number of likely N-dealkylation sites (tertiary alicyclic amines) is 1. The van der Waals surface area contributed by atoms with Crippen LogP contribution < -0.4 is 10.1 Å². The molecule has 1 saturated carbocycles. The number of anilines is 1. The number of nitrogens with zero attached hydrogens (tertiary/aromatic N) is 1. The number of fused-ring (bicyclic) bond motifs is 1. The maximum absolute atomic E-state index is 12.7. The Morgan fingerprint density at radius 2 is 2.00 bits per heavy atom. The van der Waals surface area contributed by atoms with Crippen LogP contribution in [-0.4, -0.2) is 43.3 Å². The molecular weight excluding hydrogens is 316 g/mol. The second-order valence-electron chi connectivity index (χ2n) is 7.59. The molecule has 136 valence electrons. The molecule has 25 heavy (non-hydrogen) atoms. The van der Waals surface area contributed by atoms with Gasteiger partial charge < -0.3 is 19.7 Å². The molecule has 0 unspecified atom stereocenters. The minimum atomic E-state index is 0.0494. The van der Waals surface area contributed by atoms with Crippen LogP contribution in [0.4, 0.5) is 10.5 Å². The predicted octanol–water partition coefficient (Wildman–Crippen LogP) is 3.90. The number of urea groups is 1. The van der Waals surface area contributed by atoms with Crippen LogP contribution in [0.3, 0.4) is 0 Å². The van der Waals surface area contributed by atoms with Crippen molar-refractivity contribution >= 4 is 11.7 Å². The number of hydrogen-bond donors (Lipinski definition) is 1. The lowest BCUT2D eigenvalue weighted by molar-refractivity contribution is 0.138. The molecule has 3 atom stereocenters. The van der Waals surface area contributed by atoms with E-state index in [1.165, 1.54) is 19.3 Å². The van der Waals surface area contributed by atoms with E-state index in [4.69, 9.17) is 9.47 Å². The first-order chi connectivity index (χ1) is 12.3. The fourth-order valence-corrected chi connectivity index (χ4v) is 4.46. The lowest BCUT2D eigenvalue weighted by Gasteiger charge is -2.37. The summed E-state index contributed by atoms with van der Waals surface area (Å²) >= 11 is 0. The summed E-state index contributed by atoms with van der Waals surface area (Å²) in [5.41, 5.74) is 0.835. The number of nitrogens with one attached hydrogen (secondary N) is 1. The number of rotatable bonds is 4. The van der Waals surface area contributed by atoms with Crippen LogP contribution in [0.25, 0.3) is 0 Å². The molecule has 3 fully saturated rings. The second-order valence-corrected chi connectivity index (χ2v) is 7.59. The molecular formula is C20H28N2O3. The first-order valence-corrected chi connectivity index (χ1v) is 9.68. The summed E-state index contributed by atoms with van der Waals surface area (Å²) in [4.78, 5) is 14.7. The Hall–Kier alpha value is -1.75. The summed E-state index contributed by atoms with van der Waals surface area (Å²) in [5, 5.41) is 3.06. The zero-order valence-electron chi connectivity index (χ0n) is 14.8. The van der Waals surface area contributed by atoms with Gasteiger partial charge in [-0.1, -0.05) is 6.42 Å². The van der Waals surface area contributed by atoms with Crippen molar-refractivity contribution < 1.29 is 14.3 Å². The SMILES string of the molecule is O=C(Nc1ccc(OC[C@@H]2CCOC2)cc1)N1CCC[C@H]2CCC[C@H]21. The number of benzene rings is 1. The van der Waals surface area contributed by atoms with E-state index in [-0.39, 0.29) is 6.03 Å². The Kier molecular flexibility index (Phi) is 5.11. The summed E-state index contributed by atoms with van der Waals surface area (Å²) in [7, 11) is 0. The summed E-state index contributed by atoms with van der Waals surface area (Å²) in [6, 6.07) is 8.21. The average Bonchev–Trinajstić information content (AvgIpc) is 3.32. The van der Waals surface area contributed by atoms with Gasteiger partial charge in [0.05, 0.1) is 13.2 Å². The Balaban J connectivity index is 1.30. The number of hydrogen-bond acceptors (Lipinski definition) is 3. The number of piperidine rings is 1. The van der Waals surface area contributed by atoms with E-state index in [1.54, 1.807) is 0 Å². The van der Waals surface area contributed by atoms with Gasteiger partial charge in [-0.2, -0.15) is 0 Å². The molecule has 2 aliphatic heterocycles. The van der Waals surface area contributed by atoms with Crippen LogP contribution in [0.2, 0.25) is 0 Å². The van der Waals surface area contributed by atoms with Gasteiger partial charge in [-0.15, -0.1) is 0 Å². The van der Waals surface area contributed by atoms with E-state index in [1.807, 2.05) is 24.3 Å². The van der Waals surface area contributed by atoms with Crippen LogP contribution in [-0.2, 0) is 4.74 Å². The molecule has 2 heterocycles. The normalized spacial score (nSPS) is 28.6. The second kappa shape index (κ2) is 7.65. The lowest BCUT2D eigenvalue weighted by Crippen LogP contribution is -2.48. The van der Waals surface area contributed by atoms with E-state index in [0.29, 0.717) is 18.6 Å². The highest BCUT2D eigenvalue weighted by atomic mass is 16.5. The standard InChI is InChI=1S/C20H28N2O3/c23-20(22-11-2-4-16-3-1-5-19(16)22)21-17-6-8-18(9-7-17)25-14-15-10-12-24-13-15/h6-9,15-16,19H,1-5,10-14H2,(H,21,23)/t15-,16-,19-/m1/s1. The molecule has 1 N–H and O–H groups in total. The molecule has 1 aliphatic carbocycles. The van der Waals surface area contributed by atoms with Crippen molar-refractivity contribution in [3.63, 3.8) is 0 Å². The summed E-state index contributed by atoms with van der Waals surface area (Å²) < 4.78 is 11.2. The molecule has 3 aliphatic rings. The van der Waals surface area contributed by atoms with Gasteiger partial charge in [-0.25, -0.2) is 4.79 Å². The molecule has 2 amide bonds. The van der Waals surface area contributed by atoms with Gasteiger partial charge in [-0.3, -0.25) is 0 Å². The third-order valence-corrected chi connectivity index (χ3v) is 5.87. The quantitative estimate of drug-likeness (QED) is 0.901. The lowest BCUT2D eigenvalue weighted by atomic mass is 9.92. The fourth-order valence-electron chi connectivity index (χ4n) is 4.46. The first-order valence-electron chi connectivity index (χ1n) is 9.68. The van der Waals surface area contributed by atoms with Crippen molar-refractivity contribution in [1.82, 2.24) is 4.90 Å². The molecule has 0 spiro atoms. The van der Waals surface area contributed by atoms with E-state index >= 15 is 0 Å². The maximum atomic E-state index is 12.7. The number of carbonyl (C=O) groups excluding carboxylic acids is 1. The van der Waals surface area contributed by atoms with E-state index in [0.717, 1.165) is 56.4 Å². The molecule has 2 saturated heterocycles. The van der Waals surface area contributed by atoms with Gasteiger partial charge in [0.1, 0.15) is 5.75 Å². The van der Waals surface area contributed by atoms with Gasteiger partial charge in [0.15, 0.2) is 0 Å². The maximum Gasteiger partial charge on any atom is 0.322 e. The molecule has 5 nitrogen and oxygen atoms in total. The molecule has 5 heteroatoms. The third kappa shape index (κ3) is 3.92. The van der Waals surface area contributed by atoms with Crippen molar-refractivity contribution in [3.05, 3.63) is 24.3 Å². The third-order valence-electron chi connectivity index (χ3n) is 5.87. The minimum absolute atomic E-state index is 0.0494. The smallest absolute Gasteiger partial charge is 0.322 e. The van der Waals surface area contributed by atoms with Gasteiger partial charge >= 0.3 is 6.03 Å². The molecule has 4 rings (SSSR count). The molecule has 1 aromatic carbocycles. The van der Waals surface area contributed by atoms with E-state index in [9.17, 15) is 4.79 Å².